The molecule has 30 heavy (non-hydrogen) atoms. The summed E-state index contributed by atoms with van der Waals surface area (Å²) < 4.78 is 0. The van der Waals surface area contributed by atoms with E-state index in [2.05, 4.69) is 20.2 Å². The van der Waals surface area contributed by atoms with E-state index in [0.29, 0.717) is 47.6 Å². The van der Waals surface area contributed by atoms with Crippen LogP contribution in [0.1, 0.15) is 28.8 Å². The average molecular weight is 428 g/mol. The van der Waals surface area contributed by atoms with Crippen LogP contribution < -0.4 is 5.06 Å². The van der Waals surface area contributed by atoms with Gasteiger partial charge in [0.05, 0.1) is 42.8 Å². The van der Waals surface area contributed by atoms with Crippen LogP contribution in [0.15, 0.2) is 36.7 Å². The molecule has 1 fully saturated rings. The number of aromatic nitrogens is 5. The van der Waals surface area contributed by atoms with Gasteiger partial charge < -0.3 is 4.90 Å². The Morgan fingerprint density at radius 1 is 1.13 bits per heavy atom. The lowest BCUT2D eigenvalue weighted by Gasteiger charge is -2.26. The number of aryl methyl sites for hydroxylation is 2. The van der Waals surface area contributed by atoms with Crippen LogP contribution in [0.2, 0.25) is 5.02 Å². The molecule has 0 aliphatic carbocycles. The lowest BCUT2D eigenvalue weighted by atomic mass is 10.1. The predicted octanol–water partition coefficient (Wildman–Crippen LogP) is 2.61. The zero-order valence-electron chi connectivity index (χ0n) is 17.0. The van der Waals surface area contributed by atoms with Crippen molar-refractivity contribution in [2.24, 2.45) is 0 Å². The first-order valence-electron chi connectivity index (χ1n) is 9.62. The van der Waals surface area contributed by atoms with Crippen molar-refractivity contribution in [1.82, 2.24) is 29.9 Å². The summed E-state index contributed by atoms with van der Waals surface area (Å²) in [6, 6.07) is 6.83. The molecule has 1 aliphatic rings. The summed E-state index contributed by atoms with van der Waals surface area (Å²) in [7, 11) is 0. The molecule has 0 saturated carbocycles. The van der Waals surface area contributed by atoms with Crippen LogP contribution in [0.25, 0.3) is 5.69 Å². The number of hydrogen-bond donors (Lipinski definition) is 0. The molecule has 2 aromatic heterocycles. The third-order valence-electron chi connectivity index (χ3n) is 4.84. The van der Waals surface area contributed by atoms with Crippen molar-refractivity contribution in [3.05, 3.63) is 58.8 Å². The molecule has 1 saturated heterocycles. The second kappa shape index (κ2) is 8.37. The molecule has 3 heterocycles. The number of anilines is 1. The lowest BCUT2D eigenvalue weighted by molar-refractivity contribution is 0.0599. The summed E-state index contributed by atoms with van der Waals surface area (Å²) >= 11 is 6.19. The molecule has 0 N–H and O–H groups in total. The van der Waals surface area contributed by atoms with Crippen molar-refractivity contribution in [2.75, 3.05) is 24.8 Å². The Bertz CT molecular complexity index is 1040. The first-order chi connectivity index (χ1) is 14.4. The molecule has 0 unspecified atom stereocenters. The normalized spacial score (nSPS) is 17.1. The average Bonchev–Trinajstić information content (AvgIpc) is 3.16. The fourth-order valence-corrected chi connectivity index (χ4v) is 3.60. The van der Waals surface area contributed by atoms with Crippen LogP contribution in [0, 0.1) is 13.8 Å². The van der Waals surface area contributed by atoms with Crippen LogP contribution in [-0.4, -0.2) is 61.5 Å². The number of carbonyl (C=O) groups is 1. The number of halogens is 1. The molecule has 4 rings (SSSR count). The largest absolute Gasteiger partial charge is 0.332 e. The zero-order valence-corrected chi connectivity index (χ0v) is 17.7. The van der Waals surface area contributed by atoms with Gasteiger partial charge in [-0.2, -0.15) is 15.0 Å². The highest BCUT2D eigenvalue weighted by Crippen LogP contribution is 2.23. The first kappa shape index (κ1) is 20.2. The Balaban J connectivity index is 1.60. The summed E-state index contributed by atoms with van der Waals surface area (Å²) in [6.07, 6.45) is 3.13. The van der Waals surface area contributed by atoms with Gasteiger partial charge in [-0.3, -0.25) is 9.63 Å². The van der Waals surface area contributed by atoms with Gasteiger partial charge in [-0.05, 0) is 39.0 Å². The van der Waals surface area contributed by atoms with E-state index in [4.69, 9.17) is 16.4 Å². The molecule has 0 radical (unpaired) electrons. The van der Waals surface area contributed by atoms with Gasteiger partial charge in [0.1, 0.15) is 5.82 Å². The Kier molecular flexibility index (Phi) is 5.65. The predicted molar refractivity (Wildman–Crippen MR) is 112 cm³/mol. The molecule has 1 aromatic carbocycles. The molecule has 1 amide bonds. The van der Waals surface area contributed by atoms with E-state index in [1.165, 1.54) is 4.80 Å². The zero-order chi connectivity index (χ0) is 21.3. The van der Waals surface area contributed by atoms with Crippen molar-refractivity contribution in [3.63, 3.8) is 0 Å². The van der Waals surface area contributed by atoms with Crippen LogP contribution in [0.5, 0.6) is 0 Å². The first-order valence-corrected chi connectivity index (χ1v) is 10.00. The van der Waals surface area contributed by atoms with E-state index in [1.807, 2.05) is 26.8 Å². The number of benzene rings is 1. The second-order valence-electron chi connectivity index (χ2n) is 7.14. The Morgan fingerprint density at radius 3 is 2.63 bits per heavy atom. The quantitative estimate of drug-likeness (QED) is 0.634. The van der Waals surface area contributed by atoms with E-state index in [-0.39, 0.29) is 11.9 Å². The molecule has 10 heteroatoms. The molecule has 0 spiro atoms. The van der Waals surface area contributed by atoms with Crippen molar-refractivity contribution in [1.29, 1.82) is 0 Å². The van der Waals surface area contributed by atoms with Gasteiger partial charge in [-0.25, -0.2) is 15.0 Å². The van der Waals surface area contributed by atoms with Gasteiger partial charge in [-0.15, -0.1) is 0 Å². The molecular formula is C20H22ClN7O2. The number of nitrogens with zero attached hydrogens (tertiary/aromatic N) is 7. The highest BCUT2D eigenvalue weighted by molar-refractivity contribution is 6.31. The van der Waals surface area contributed by atoms with E-state index in [0.717, 1.165) is 5.69 Å². The van der Waals surface area contributed by atoms with Crippen LogP contribution in [-0.2, 0) is 4.84 Å². The minimum absolute atomic E-state index is 0.149. The number of amides is 1. The third kappa shape index (κ3) is 4.12. The van der Waals surface area contributed by atoms with Crippen LogP contribution >= 0.6 is 11.6 Å². The van der Waals surface area contributed by atoms with Gasteiger partial charge in [0.15, 0.2) is 5.82 Å². The second-order valence-corrected chi connectivity index (χ2v) is 7.58. The maximum atomic E-state index is 13.5. The van der Waals surface area contributed by atoms with Gasteiger partial charge in [0.25, 0.3) is 5.91 Å². The van der Waals surface area contributed by atoms with Crippen molar-refractivity contribution < 1.29 is 9.63 Å². The topological polar surface area (TPSA) is 89.3 Å². The van der Waals surface area contributed by atoms with Crippen LogP contribution in [0.3, 0.4) is 0 Å². The summed E-state index contributed by atoms with van der Waals surface area (Å²) in [5.74, 6) is 1.21. The van der Waals surface area contributed by atoms with Crippen molar-refractivity contribution >= 4 is 23.3 Å². The standard InChI is InChI=1S/C20H22ClN7O2/c1-13-10-19(25-15(3)24-13)27-9-8-26(14(2)12-30-27)20(29)17-11-16(21)4-5-18(17)28-22-6-7-23-28/h4-7,10-11,14H,8-9,12H2,1-3H3/t14-/m1/s1. The van der Waals surface area contributed by atoms with E-state index in [9.17, 15) is 4.79 Å². The third-order valence-corrected chi connectivity index (χ3v) is 5.07. The maximum Gasteiger partial charge on any atom is 0.256 e. The molecule has 0 bridgehead atoms. The smallest absolute Gasteiger partial charge is 0.256 e. The number of hydrogen-bond acceptors (Lipinski definition) is 7. The lowest BCUT2D eigenvalue weighted by Crippen LogP contribution is -2.41. The van der Waals surface area contributed by atoms with Gasteiger partial charge >= 0.3 is 0 Å². The Hall–Kier alpha value is -3.04. The SMILES string of the molecule is Cc1cc(N2CCN(C(=O)c3cc(Cl)ccc3-n3nccn3)[C@H](C)CO2)nc(C)n1. The summed E-state index contributed by atoms with van der Waals surface area (Å²) in [4.78, 5) is 31.4. The van der Waals surface area contributed by atoms with Crippen LogP contribution in [0.4, 0.5) is 5.82 Å². The minimum Gasteiger partial charge on any atom is -0.332 e. The fraction of sp³-hybridized carbons (Fsp3) is 0.350. The molecule has 1 atom stereocenters. The highest BCUT2D eigenvalue weighted by atomic mass is 35.5. The Morgan fingerprint density at radius 2 is 1.90 bits per heavy atom. The van der Waals surface area contributed by atoms with Crippen molar-refractivity contribution in [2.45, 2.75) is 26.8 Å². The summed E-state index contributed by atoms with van der Waals surface area (Å²) in [5.41, 5.74) is 1.88. The summed E-state index contributed by atoms with van der Waals surface area (Å²) in [5, 5.41) is 10.5. The van der Waals surface area contributed by atoms with Gasteiger partial charge in [0, 0.05) is 23.3 Å². The highest BCUT2D eigenvalue weighted by Gasteiger charge is 2.29. The van der Waals surface area contributed by atoms with E-state index >= 15 is 0 Å². The Labute approximate surface area is 179 Å². The molecular weight excluding hydrogens is 406 g/mol. The van der Waals surface area contributed by atoms with Gasteiger partial charge in [0.2, 0.25) is 0 Å². The molecule has 1 aliphatic heterocycles. The molecule has 9 nitrogen and oxygen atoms in total. The molecule has 3 aromatic rings. The van der Waals surface area contributed by atoms with Crippen molar-refractivity contribution in [3.8, 4) is 5.69 Å². The van der Waals surface area contributed by atoms with E-state index < -0.39 is 0 Å². The van der Waals surface area contributed by atoms with Gasteiger partial charge in [-0.1, -0.05) is 11.6 Å². The minimum atomic E-state index is -0.155. The summed E-state index contributed by atoms with van der Waals surface area (Å²) in [6.45, 7) is 6.98. The number of rotatable bonds is 3. The number of hydroxylamine groups is 1. The monoisotopic (exact) mass is 427 g/mol. The fourth-order valence-electron chi connectivity index (χ4n) is 3.43. The number of carbonyl (C=O) groups excluding carboxylic acids is 1. The van der Waals surface area contributed by atoms with E-state index in [1.54, 1.807) is 40.6 Å². The molecule has 156 valence electrons. The maximum absolute atomic E-state index is 13.5.